The minimum absolute atomic E-state index is 0.207. The number of fused-ring (bicyclic) bond motifs is 1. The zero-order valence-corrected chi connectivity index (χ0v) is 23.2. The number of piperazine rings is 1. The lowest BCUT2D eigenvalue weighted by molar-refractivity contribution is -0.111. The summed E-state index contributed by atoms with van der Waals surface area (Å²) in [5, 5.41) is 3.99. The van der Waals surface area contributed by atoms with Gasteiger partial charge in [-0.05, 0) is 68.3 Å². The van der Waals surface area contributed by atoms with E-state index in [-0.39, 0.29) is 12.0 Å². The van der Waals surface area contributed by atoms with Crippen molar-refractivity contribution >= 4 is 34.7 Å². The van der Waals surface area contributed by atoms with E-state index in [1.54, 1.807) is 11.0 Å². The average molecular weight is 538 g/mol. The second-order valence-corrected chi connectivity index (χ2v) is 11.0. The summed E-state index contributed by atoms with van der Waals surface area (Å²) in [4.78, 5) is 29.1. The van der Waals surface area contributed by atoms with Gasteiger partial charge in [-0.3, -0.25) is 9.69 Å². The van der Waals surface area contributed by atoms with Crippen LogP contribution >= 0.6 is 0 Å². The molecular weight excluding hydrogens is 502 g/mol. The fourth-order valence-corrected chi connectivity index (χ4v) is 4.71. The molecule has 0 radical (unpaired) electrons. The van der Waals surface area contributed by atoms with Crippen molar-refractivity contribution in [1.82, 2.24) is 9.80 Å². The third kappa shape index (κ3) is 6.98. The van der Waals surface area contributed by atoms with E-state index in [4.69, 9.17) is 9.15 Å². The zero-order chi connectivity index (χ0) is 28.1. The smallest absolute Gasteiger partial charge is 0.410 e. The lowest BCUT2D eigenvalue weighted by atomic mass is 10.1. The fraction of sp³-hybridized carbons (Fsp3) is 0.273. The zero-order valence-electron chi connectivity index (χ0n) is 23.2. The Bertz CT molecular complexity index is 1510. The largest absolute Gasteiger partial charge is 0.456 e. The molecule has 1 aliphatic heterocycles. The average Bonchev–Trinajstić information content (AvgIpc) is 3.35. The number of furan rings is 1. The number of hydrogen-bond donors (Lipinski definition) is 1. The van der Waals surface area contributed by atoms with Crippen LogP contribution in [-0.2, 0) is 16.1 Å². The Hall–Kier alpha value is -4.36. The van der Waals surface area contributed by atoms with E-state index in [1.807, 2.05) is 87.5 Å². The number of carbonyl (C=O) groups is 2. The molecule has 7 nitrogen and oxygen atoms in total. The third-order valence-corrected chi connectivity index (χ3v) is 6.69. The number of nitrogens with one attached hydrogen (secondary N) is 1. The van der Waals surface area contributed by atoms with Crippen LogP contribution < -0.4 is 5.32 Å². The maximum atomic E-state index is 12.6. The number of hydrogen-bond acceptors (Lipinski definition) is 5. The molecule has 5 rings (SSSR count). The van der Waals surface area contributed by atoms with Crippen LogP contribution in [0.5, 0.6) is 0 Å². The Balaban J connectivity index is 1.24. The summed E-state index contributed by atoms with van der Waals surface area (Å²) in [7, 11) is 0. The first-order valence-corrected chi connectivity index (χ1v) is 13.6. The number of ether oxygens (including phenoxy) is 1. The van der Waals surface area contributed by atoms with Gasteiger partial charge in [-0.2, -0.15) is 0 Å². The second kappa shape index (κ2) is 11.8. The van der Waals surface area contributed by atoms with Crippen LogP contribution in [0.2, 0.25) is 0 Å². The van der Waals surface area contributed by atoms with Crippen LogP contribution in [-0.4, -0.2) is 53.6 Å². The summed E-state index contributed by atoms with van der Waals surface area (Å²) in [6, 6.07) is 25.6. The Morgan fingerprint density at radius 3 is 2.40 bits per heavy atom. The standard InChI is InChI=1S/C33H35N3O4/c1-33(2,3)40-32(38)36-19-17-35(18-20-36)23-25-13-15-29-26(21-25)22-30(39-29)27-11-7-8-12-28(27)34-31(37)16-14-24-9-5-4-6-10-24/h4-16,21-22H,17-20,23H2,1-3H3,(H,34,37)/b16-14+. The van der Waals surface area contributed by atoms with E-state index in [2.05, 4.69) is 22.3 Å². The van der Waals surface area contributed by atoms with Crippen molar-refractivity contribution in [2.75, 3.05) is 31.5 Å². The monoisotopic (exact) mass is 537 g/mol. The van der Waals surface area contributed by atoms with Gasteiger partial charge in [0.1, 0.15) is 16.9 Å². The number of nitrogens with zero attached hydrogens (tertiary/aromatic N) is 2. The molecule has 2 amide bonds. The molecule has 3 aromatic carbocycles. The van der Waals surface area contributed by atoms with Crippen molar-refractivity contribution in [1.29, 1.82) is 0 Å². The Morgan fingerprint density at radius 1 is 0.925 bits per heavy atom. The van der Waals surface area contributed by atoms with Crippen molar-refractivity contribution in [3.8, 4) is 11.3 Å². The van der Waals surface area contributed by atoms with Gasteiger partial charge in [-0.1, -0.05) is 48.5 Å². The first kappa shape index (κ1) is 27.2. The van der Waals surface area contributed by atoms with Gasteiger partial charge in [-0.15, -0.1) is 0 Å². The van der Waals surface area contributed by atoms with Gasteiger partial charge in [0.05, 0.1) is 5.69 Å². The van der Waals surface area contributed by atoms with Gasteiger partial charge >= 0.3 is 6.09 Å². The molecule has 2 heterocycles. The summed E-state index contributed by atoms with van der Waals surface area (Å²) >= 11 is 0. The summed E-state index contributed by atoms with van der Waals surface area (Å²) < 4.78 is 11.7. The summed E-state index contributed by atoms with van der Waals surface area (Å²) in [6.45, 7) is 9.33. The van der Waals surface area contributed by atoms with Crippen LogP contribution in [0.3, 0.4) is 0 Å². The highest BCUT2D eigenvalue weighted by Gasteiger charge is 2.26. The van der Waals surface area contributed by atoms with Gasteiger partial charge in [0.25, 0.3) is 0 Å². The number of benzene rings is 3. The Labute approximate surface area is 235 Å². The van der Waals surface area contributed by atoms with Crippen molar-refractivity contribution in [3.05, 3.63) is 96.1 Å². The van der Waals surface area contributed by atoms with Crippen molar-refractivity contribution in [3.63, 3.8) is 0 Å². The predicted molar refractivity (Wildman–Crippen MR) is 159 cm³/mol. The van der Waals surface area contributed by atoms with E-state index in [9.17, 15) is 9.59 Å². The third-order valence-electron chi connectivity index (χ3n) is 6.69. The molecule has 206 valence electrons. The highest BCUT2D eigenvalue weighted by Crippen LogP contribution is 2.33. The van der Waals surface area contributed by atoms with Gasteiger partial charge in [0.15, 0.2) is 0 Å². The van der Waals surface area contributed by atoms with Crippen LogP contribution in [0.4, 0.5) is 10.5 Å². The van der Waals surface area contributed by atoms with Crippen LogP contribution in [0.1, 0.15) is 31.9 Å². The topological polar surface area (TPSA) is 75.0 Å². The van der Waals surface area contributed by atoms with E-state index in [1.165, 1.54) is 11.6 Å². The number of rotatable bonds is 6. The molecule has 0 bridgehead atoms. The maximum absolute atomic E-state index is 12.6. The first-order chi connectivity index (χ1) is 19.2. The molecular formula is C33H35N3O4. The minimum Gasteiger partial charge on any atom is -0.456 e. The van der Waals surface area contributed by atoms with Gasteiger partial charge in [0.2, 0.25) is 5.91 Å². The molecule has 7 heteroatoms. The molecule has 1 aromatic heterocycles. The summed E-state index contributed by atoms with van der Waals surface area (Å²) in [6.07, 6.45) is 3.07. The van der Waals surface area contributed by atoms with Crippen LogP contribution in [0.15, 0.2) is 89.4 Å². The Kier molecular flexibility index (Phi) is 8.03. The van der Waals surface area contributed by atoms with E-state index in [0.717, 1.165) is 41.7 Å². The van der Waals surface area contributed by atoms with E-state index in [0.29, 0.717) is 24.5 Å². The minimum atomic E-state index is -0.488. The normalized spacial score (nSPS) is 14.5. The van der Waals surface area contributed by atoms with E-state index >= 15 is 0 Å². The number of amides is 2. The lowest BCUT2D eigenvalue weighted by Crippen LogP contribution is -2.49. The van der Waals surface area contributed by atoms with Gasteiger partial charge < -0.3 is 19.4 Å². The molecule has 0 spiro atoms. The lowest BCUT2D eigenvalue weighted by Gasteiger charge is -2.35. The predicted octanol–water partition coefficient (Wildman–Crippen LogP) is 6.80. The number of anilines is 1. The SMILES string of the molecule is CC(C)(C)OC(=O)N1CCN(Cc2ccc3oc(-c4ccccc4NC(=O)/C=C/c4ccccc4)cc3c2)CC1. The van der Waals surface area contributed by atoms with Gasteiger partial charge in [-0.25, -0.2) is 4.79 Å². The molecule has 1 N–H and O–H groups in total. The van der Waals surface area contributed by atoms with Crippen LogP contribution in [0, 0.1) is 0 Å². The first-order valence-electron chi connectivity index (χ1n) is 13.6. The van der Waals surface area contributed by atoms with E-state index < -0.39 is 5.60 Å². The quantitative estimate of drug-likeness (QED) is 0.274. The Morgan fingerprint density at radius 2 is 1.65 bits per heavy atom. The fourth-order valence-electron chi connectivity index (χ4n) is 4.71. The van der Waals surface area contributed by atoms with Gasteiger partial charge in [0, 0.05) is 49.7 Å². The van der Waals surface area contributed by atoms with Crippen molar-refractivity contribution in [2.45, 2.75) is 32.9 Å². The molecule has 1 fully saturated rings. The molecule has 1 aliphatic rings. The molecule has 1 saturated heterocycles. The number of carbonyl (C=O) groups excluding carboxylic acids is 2. The molecule has 0 aliphatic carbocycles. The second-order valence-electron chi connectivity index (χ2n) is 11.0. The maximum Gasteiger partial charge on any atom is 0.410 e. The molecule has 40 heavy (non-hydrogen) atoms. The molecule has 4 aromatic rings. The highest BCUT2D eigenvalue weighted by molar-refractivity contribution is 6.04. The summed E-state index contributed by atoms with van der Waals surface area (Å²) in [5.74, 6) is 0.488. The summed E-state index contributed by atoms with van der Waals surface area (Å²) in [5.41, 5.74) is 3.95. The number of para-hydroxylation sites is 1. The van der Waals surface area contributed by atoms with Crippen LogP contribution in [0.25, 0.3) is 28.4 Å². The highest BCUT2D eigenvalue weighted by atomic mass is 16.6. The molecule has 0 atom stereocenters. The molecule has 0 unspecified atom stereocenters. The van der Waals surface area contributed by atoms with Crippen molar-refractivity contribution in [2.24, 2.45) is 0 Å². The van der Waals surface area contributed by atoms with Crippen molar-refractivity contribution < 1.29 is 18.7 Å². The molecule has 0 saturated carbocycles.